The van der Waals surface area contributed by atoms with Gasteiger partial charge in [-0.2, -0.15) is 14.4 Å². The van der Waals surface area contributed by atoms with Crippen LogP contribution in [-0.2, 0) is 10.0 Å². The van der Waals surface area contributed by atoms with E-state index in [9.17, 15) is 18.0 Å². The third-order valence-electron chi connectivity index (χ3n) is 6.54. The summed E-state index contributed by atoms with van der Waals surface area (Å²) in [5.41, 5.74) is 1.20. The largest absolute Gasteiger partial charge is 0.463 e. The van der Waals surface area contributed by atoms with E-state index in [0.29, 0.717) is 29.6 Å². The number of sulfonamides is 1. The van der Waals surface area contributed by atoms with E-state index in [1.807, 2.05) is 18.2 Å². The molecule has 5 aromatic rings. The van der Waals surface area contributed by atoms with Gasteiger partial charge in [0.25, 0.3) is 5.91 Å². The SMILES string of the molecule is O=C(c1ccc(S(=O)(=O)N2CCCC2)cc1)N(/N=C/c1coc2ccccc2c1=O)c1nc2ccc(Br)cc2s1. The van der Waals surface area contributed by atoms with Crippen molar-refractivity contribution in [2.75, 3.05) is 18.1 Å². The molecule has 0 unspecified atom stereocenters. The second-order valence-electron chi connectivity index (χ2n) is 9.12. The minimum absolute atomic E-state index is 0.125. The molecule has 9 nitrogen and oxygen atoms in total. The first-order valence-corrected chi connectivity index (χ1v) is 15.4. The van der Waals surface area contributed by atoms with Crippen LogP contribution < -0.4 is 10.4 Å². The van der Waals surface area contributed by atoms with Gasteiger partial charge in [-0.3, -0.25) is 9.59 Å². The van der Waals surface area contributed by atoms with Crippen LogP contribution in [0.25, 0.3) is 21.2 Å². The second-order valence-corrected chi connectivity index (χ2v) is 13.0. The molecule has 2 aromatic heterocycles. The fraction of sp³-hybridized carbons (Fsp3) is 0.143. The number of aromatic nitrogens is 1. The molecule has 0 spiro atoms. The molecule has 0 atom stereocenters. The average Bonchev–Trinajstić information content (AvgIpc) is 3.65. The molecule has 1 aliphatic heterocycles. The lowest BCUT2D eigenvalue weighted by molar-refractivity contribution is 0.0987. The number of carbonyl (C=O) groups is 1. The minimum Gasteiger partial charge on any atom is -0.463 e. The molecular weight excluding hydrogens is 616 g/mol. The lowest BCUT2D eigenvalue weighted by Crippen LogP contribution is -2.28. The number of hydrazone groups is 1. The summed E-state index contributed by atoms with van der Waals surface area (Å²) >= 11 is 4.71. The Hall–Kier alpha value is -3.71. The van der Waals surface area contributed by atoms with Crippen molar-refractivity contribution in [1.82, 2.24) is 9.29 Å². The van der Waals surface area contributed by atoms with E-state index in [1.165, 1.54) is 52.4 Å². The highest BCUT2D eigenvalue weighted by Crippen LogP contribution is 2.32. The summed E-state index contributed by atoms with van der Waals surface area (Å²) < 4.78 is 34.6. The van der Waals surface area contributed by atoms with Gasteiger partial charge in [-0.05, 0) is 67.4 Å². The fourth-order valence-electron chi connectivity index (χ4n) is 4.44. The second kappa shape index (κ2) is 10.7. The first kappa shape index (κ1) is 26.5. The molecule has 0 N–H and O–H groups in total. The van der Waals surface area contributed by atoms with E-state index in [1.54, 1.807) is 24.3 Å². The molecular formula is C28H21BrN4O5S2. The summed E-state index contributed by atoms with van der Waals surface area (Å²) in [6.07, 6.45) is 4.22. The van der Waals surface area contributed by atoms with Crippen molar-refractivity contribution in [2.45, 2.75) is 17.7 Å². The Bertz CT molecular complexity index is 1950. The van der Waals surface area contributed by atoms with Gasteiger partial charge in [-0.15, -0.1) is 0 Å². The highest BCUT2D eigenvalue weighted by molar-refractivity contribution is 9.10. The van der Waals surface area contributed by atoms with Gasteiger partial charge in [-0.1, -0.05) is 39.4 Å². The molecule has 12 heteroatoms. The van der Waals surface area contributed by atoms with Crippen LogP contribution in [0.3, 0.4) is 0 Å². The summed E-state index contributed by atoms with van der Waals surface area (Å²) in [7, 11) is -3.63. The molecule has 6 rings (SSSR count). The van der Waals surface area contributed by atoms with Gasteiger partial charge in [0.2, 0.25) is 20.6 Å². The van der Waals surface area contributed by atoms with Gasteiger partial charge < -0.3 is 4.42 Å². The molecule has 0 radical (unpaired) electrons. The zero-order valence-electron chi connectivity index (χ0n) is 20.9. The van der Waals surface area contributed by atoms with Gasteiger partial charge in [0.1, 0.15) is 11.8 Å². The van der Waals surface area contributed by atoms with Crippen molar-refractivity contribution in [3.63, 3.8) is 0 Å². The quantitative estimate of drug-likeness (QED) is 0.176. The minimum atomic E-state index is -3.63. The highest BCUT2D eigenvalue weighted by Gasteiger charge is 2.28. The number of rotatable bonds is 6. The predicted molar refractivity (Wildman–Crippen MR) is 159 cm³/mol. The molecule has 0 aliphatic carbocycles. The zero-order valence-corrected chi connectivity index (χ0v) is 24.1. The summed E-state index contributed by atoms with van der Waals surface area (Å²) in [6.45, 7) is 0.976. The monoisotopic (exact) mass is 636 g/mol. The Balaban J connectivity index is 1.38. The molecule has 1 aliphatic rings. The maximum absolute atomic E-state index is 13.7. The van der Waals surface area contributed by atoms with Gasteiger partial charge in [0.05, 0.1) is 32.3 Å². The number of nitrogens with zero attached hydrogens (tertiary/aromatic N) is 4. The van der Waals surface area contributed by atoms with E-state index < -0.39 is 15.9 Å². The van der Waals surface area contributed by atoms with Crippen molar-refractivity contribution >= 4 is 75.7 Å². The number of thiazole rings is 1. The Labute approximate surface area is 241 Å². The lowest BCUT2D eigenvalue weighted by Gasteiger charge is -2.16. The van der Waals surface area contributed by atoms with Crippen molar-refractivity contribution in [3.05, 3.63) is 98.8 Å². The standard InChI is InChI=1S/C28H21BrN4O5S2/c29-20-9-12-23-25(15-20)39-28(31-23)33(30-16-19-17-38-24-6-2-1-5-22(24)26(19)34)27(35)18-7-10-21(11-8-18)40(36,37)32-13-3-4-14-32/h1-2,5-12,15-17H,3-4,13-14H2/b30-16+. The molecule has 3 aromatic carbocycles. The van der Waals surface area contributed by atoms with Gasteiger partial charge in [0.15, 0.2) is 0 Å². The average molecular weight is 638 g/mol. The van der Waals surface area contributed by atoms with Crippen LogP contribution in [0.5, 0.6) is 0 Å². The predicted octanol–water partition coefficient (Wildman–Crippen LogP) is 5.63. The number of fused-ring (bicyclic) bond motifs is 2. The normalized spacial score (nSPS) is 14.4. The number of halogens is 1. The fourth-order valence-corrected chi connectivity index (χ4v) is 7.43. The van der Waals surface area contributed by atoms with Crippen molar-refractivity contribution in [1.29, 1.82) is 0 Å². The molecule has 1 amide bonds. The number of hydrogen-bond donors (Lipinski definition) is 0. The Morgan fingerprint density at radius 2 is 1.82 bits per heavy atom. The molecule has 0 saturated carbocycles. The molecule has 202 valence electrons. The first-order valence-electron chi connectivity index (χ1n) is 12.4. The van der Waals surface area contributed by atoms with Crippen LogP contribution >= 0.6 is 27.3 Å². The van der Waals surface area contributed by atoms with Gasteiger partial charge in [-0.25, -0.2) is 13.4 Å². The molecule has 1 fully saturated rings. The smallest absolute Gasteiger partial charge is 0.280 e. The summed E-state index contributed by atoms with van der Waals surface area (Å²) in [6, 6.07) is 18.2. The van der Waals surface area contributed by atoms with E-state index in [2.05, 4.69) is 26.0 Å². The van der Waals surface area contributed by atoms with E-state index in [0.717, 1.165) is 27.0 Å². The first-order chi connectivity index (χ1) is 19.3. The van der Waals surface area contributed by atoms with Gasteiger partial charge in [0, 0.05) is 23.1 Å². The van der Waals surface area contributed by atoms with Crippen LogP contribution in [-0.4, -0.2) is 42.9 Å². The third kappa shape index (κ3) is 4.99. The number of anilines is 1. The Morgan fingerprint density at radius 3 is 2.60 bits per heavy atom. The van der Waals surface area contributed by atoms with E-state index >= 15 is 0 Å². The molecule has 1 saturated heterocycles. The number of benzene rings is 3. The van der Waals surface area contributed by atoms with Crippen molar-refractivity contribution < 1.29 is 17.6 Å². The summed E-state index contributed by atoms with van der Waals surface area (Å²) in [5.74, 6) is -0.537. The van der Waals surface area contributed by atoms with Gasteiger partial charge >= 0.3 is 0 Å². The highest BCUT2D eigenvalue weighted by atomic mass is 79.9. The number of amides is 1. The van der Waals surface area contributed by atoms with E-state index in [-0.39, 0.29) is 26.6 Å². The van der Waals surface area contributed by atoms with Crippen LogP contribution in [0, 0.1) is 0 Å². The van der Waals surface area contributed by atoms with Crippen LogP contribution in [0.1, 0.15) is 28.8 Å². The van der Waals surface area contributed by atoms with E-state index in [4.69, 9.17) is 4.42 Å². The molecule has 0 bridgehead atoms. The van der Waals surface area contributed by atoms with Crippen LogP contribution in [0.15, 0.2) is 96.7 Å². The number of para-hydroxylation sites is 1. The maximum Gasteiger partial charge on any atom is 0.280 e. The van der Waals surface area contributed by atoms with Crippen LogP contribution in [0.4, 0.5) is 5.13 Å². The Kier molecular flexibility index (Phi) is 7.09. The topological polar surface area (TPSA) is 113 Å². The maximum atomic E-state index is 13.7. The molecule has 40 heavy (non-hydrogen) atoms. The zero-order chi connectivity index (χ0) is 27.9. The number of carbonyl (C=O) groups excluding carboxylic acids is 1. The van der Waals surface area contributed by atoms with Crippen molar-refractivity contribution in [2.24, 2.45) is 5.10 Å². The summed E-state index contributed by atoms with van der Waals surface area (Å²) in [4.78, 5) is 31.4. The summed E-state index contributed by atoms with van der Waals surface area (Å²) in [5, 5.41) is 6.15. The Morgan fingerprint density at radius 1 is 1.07 bits per heavy atom. The van der Waals surface area contributed by atoms with Crippen LogP contribution in [0.2, 0.25) is 0 Å². The number of hydrogen-bond acceptors (Lipinski definition) is 8. The van der Waals surface area contributed by atoms with Crippen molar-refractivity contribution in [3.8, 4) is 0 Å². The third-order valence-corrected chi connectivity index (χ3v) is 9.94. The molecule has 3 heterocycles. The lowest BCUT2D eigenvalue weighted by atomic mass is 10.2.